The van der Waals surface area contributed by atoms with Crippen molar-refractivity contribution in [2.45, 2.75) is 6.54 Å². The van der Waals surface area contributed by atoms with Crippen molar-refractivity contribution >= 4 is 28.5 Å². The molecule has 5 heteroatoms. The van der Waals surface area contributed by atoms with Crippen LogP contribution in [0.15, 0.2) is 89.3 Å². The van der Waals surface area contributed by atoms with Crippen LogP contribution in [0.25, 0.3) is 11.0 Å². The molecule has 0 saturated carbocycles. The molecule has 0 aliphatic rings. The summed E-state index contributed by atoms with van der Waals surface area (Å²) in [6.07, 6.45) is 0. The number of rotatable bonds is 5. The molecule has 0 radical (unpaired) electrons. The van der Waals surface area contributed by atoms with E-state index in [0.29, 0.717) is 22.6 Å². The third-order valence-electron chi connectivity index (χ3n) is 4.36. The SMILES string of the molecule is O=C(Nc1ccccc1C(=O)NCc1cc2ccccc2o1)c1ccccc1. The molecule has 0 unspecified atom stereocenters. The van der Waals surface area contributed by atoms with Gasteiger partial charge in [0.25, 0.3) is 11.8 Å². The van der Waals surface area contributed by atoms with E-state index < -0.39 is 0 Å². The first-order valence-corrected chi connectivity index (χ1v) is 8.92. The van der Waals surface area contributed by atoms with E-state index >= 15 is 0 Å². The molecular formula is C23H18N2O3. The quantitative estimate of drug-likeness (QED) is 0.539. The second-order valence-electron chi connectivity index (χ2n) is 6.30. The van der Waals surface area contributed by atoms with Gasteiger partial charge in [0, 0.05) is 10.9 Å². The van der Waals surface area contributed by atoms with Gasteiger partial charge in [0.1, 0.15) is 11.3 Å². The van der Waals surface area contributed by atoms with Crippen LogP contribution in [-0.4, -0.2) is 11.8 Å². The van der Waals surface area contributed by atoms with E-state index in [-0.39, 0.29) is 18.4 Å². The van der Waals surface area contributed by atoms with Crippen molar-refractivity contribution in [1.82, 2.24) is 5.32 Å². The number of hydrogen-bond donors (Lipinski definition) is 2. The first kappa shape index (κ1) is 17.5. The Morgan fingerprint density at radius 1 is 0.786 bits per heavy atom. The van der Waals surface area contributed by atoms with Gasteiger partial charge >= 0.3 is 0 Å². The Bertz CT molecular complexity index is 1100. The fraction of sp³-hybridized carbons (Fsp3) is 0.0435. The lowest BCUT2D eigenvalue weighted by atomic mass is 10.1. The Kier molecular flexibility index (Phi) is 4.89. The van der Waals surface area contributed by atoms with E-state index in [2.05, 4.69) is 10.6 Å². The highest BCUT2D eigenvalue weighted by atomic mass is 16.3. The highest BCUT2D eigenvalue weighted by Crippen LogP contribution is 2.20. The summed E-state index contributed by atoms with van der Waals surface area (Å²) in [4.78, 5) is 25.1. The van der Waals surface area contributed by atoms with E-state index in [9.17, 15) is 9.59 Å². The number of anilines is 1. The molecule has 0 fully saturated rings. The van der Waals surface area contributed by atoms with Crippen molar-refractivity contribution in [3.8, 4) is 0 Å². The number of benzene rings is 3. The lowest BCUT2D eigenvalue weighted by Crippen LogP contribution is -2.24. The molecule has 2 N–H and O–H groups in total. The molecule has 4 aromatic rings. The number of carbonyl (C=O) groups excluding carboxylic acids is 2. The maximum Gasteiger partial charge on any atom is 0.255 e. The minimum absolute atomic E-state index is 0.258. The van der Waals surface area contributed by atoms with Crippen LogP contribution in [0.1, 0.15) is 26.5 Å². The Hall–Kier alpha value is -3.86. The number of nitrogens with one attached hydrogen (secondary N) is 2. The standard InChI is InChI=1S/C23H18N2O3/c26-22(16-8-2-1-3-9-16)25-20-12-6-5-11-19(20)23(27)24-15-18-14-17-10-4-7-13-21(17)28-18/h1-14H,15H2,(H,24,27)(H,25,26). The second-order valence-corrected chi connectivity index (χ2v) is 6.30. The summed E-state index contributed by atoms with van der Waals surface area (Å²) < 4.78 is 5.72. The third-order valence-corrected chi connectivity index (χ3v) is 4.36. The number of fused-ring (bicyclic) bond motifs is 1. The monoisotopic (exact) mass is 370 g/mol. The van der Waals surface area contributed by atoms with Gasteiger partial charge < -0.3 is 15.1 Å². The van der Waals surface area contributed by atoms with Gasteiger partial charge in [-0.25, -0.2) is 0 Å². The number of amides is 2. The topological polar surface area (TPSA) is 71.3 Å². The molecule has 1 heterocycles. The summed E-state index contributed by atoms with van der Waals surface area (Å²) in [5.41, 5.74) is 2.16. The fourth-order valence-corrected chi connectivity index (χ4v) is 2.96. The third kappa shape index (κ3) is 3.78. The average molecular weight is 370 g/mol. The van der Waals surface area contributed by atoms with E-state index in [1.165, 1.54) is 0 Å². The summed E-state index contributed by atoms with van der Waals surface area (Å²) in [7, 11) is 0. The van der Waals surface area contributed by atoms with Gasteiger partial charge in [-0.1, -0.05) is 48.5 Å². The van der Waals surface area contributed by atoms with Crippen molar-refractivity contribution in [2.75, 3.05) is 5.32 Å². The van der Waals surface area contributed by atoms with Crippen LogP contribution in [0.2, 0.25) is 0 Å². The zero-order chi connectivity index (χ0) is 19.3. The van der Waals surface area contributed by atoms with Crippen molar-refractivity contribution in [3.63, 3.8) is 0 Å². The summed E-state index contributed by atoms with van der Waals surface area (Å²) >= 11 is 0. The van der Waals surface area contributed by atoms with Gasteiger partial charge in [0.2, 0.25) is 0 Å². The smallest absolute Gasteiger partial charge is 0.255 e. The molecule has 4 rings (SSSR count). The molecule has 0 bridgehead atoms. The largest absolute Gasteiger partial charge is 0.459 e. The zero-order valence-electron chi connectivity index (χ0n) is 15.0. The molecule has 0 saturated heterocycles. The molecule has 0 spiro atoms. The van der Waals surface area contributed by atoms with Crippen LogP contribution < -0.4 is 10.6 Å². The van der Waals surface area contributed by atoms with Gasteiger partial charge in [-0.2, -0.15) is 0 Å². The van der Waals surface area contributed by atoms with Crippen LogP contribution in [-0.2, 0) is 6.54 Å². The highest BCUT2D eigenvalue weighted by molar-refractivity contribution is 6.08. The van der Waals surface area contributed by atoms with Crippen LogP contribution in [0, 0.1) is 0 Å². The molecule has 0 atom stereocenters. The predicted octanol–water partition coefficient (Wildman–Crippen LogP) is 4.62. The Balaban J connectivity index is 1.47. The Morgan fingerprint density at radius 2 is 1.50 bits per heavy atom. The molecule has 0 aliphatic heterocycles. The molecule has 138 valence electrons. The van der Waals surface area contributed by atoms with Crippen LogP contribution in [0.5, 0.6) is 0 Å². The van der Waals surface area contributed by atoms with Gasteiger partial charge in [-0.3, -0.25) is 9.59 Å². The Morgan fingerprint density at radius 3 is 2.32 bits per heavy atom. The fourth-order valence-electron chi connectivity index (χ4n) is 2.96. The molecule has 2 amide bonds. The Labute approximate surface area is 162 Å². The molecule has 0 aliphatic carbocycles. The molecular weight excluding hydrogens is 352 g/mol. The average Bonchev–Trinajstić information content (AvgIpc) is 3.16. The van der Waals surface area contributed by atoms with Gasteiger partial charge in [0.05, 0.1) is 17.8 Å². The van der Waals surface area contributed by atoms with E-state index in [0.717, 1.165) is 11.0 Å². The number of carbonyl (C=O) groups is 2. The summed E-state index contributed by atoms with van der Waals surface area (Å²) in [6.45, 7) is 0.258. The predicted molar refractivity (Wildman–Crippen MR) is 108 cm³/mol. The second kappa shape index (κ2) is 7.80. The summed E-state index contributed by atoms with van der Waals surface area (Å²) in [6, 6.07) is 25.4. The van der Waals surface area contributed by atoms with Crippen LogP contribution >= 0.6 is 0 Å². The molecule has 3 aromatic carbocycles. The van der Waals surface area contributed by atoms with Crippen LogP contribution in [0.3, 0.4) is 0 Å². The normalized spacial score (nSPS) is 10.6. The van der Waals surface area contributed by atoms with Crippen molar-refractivity contribution in [1.29, 1.82) is 0 Å². The van der Waals surface area contributed by atoms with E-state index in [1.807, 2.05) is 36.4 Å². The summed E-state index contributed by atoms with van der Waals surface area (Å²) in [5, 5.41) is 6.64. The highest BCUT2D eigenvalue weighted by Gasteiger charge is 2.14. The lowest BCUT2D eigenvalue weighted by Gasteiger charge is -2.11. The van der Waals surface area contributed by atoms with Gasteiger partial charge in [-0.15, -0.1) is 0 Å². The van der Waals surface area contributed by atoms with E-state index in [4.69, 9.17) is 4.42 Å². The van der Waals surface area contributed by atoms with Crippen molar-refractivity contribution in [3.05, 3.63) is 102 Å². The molecule has 28 heavy (non-hydrogen) atoms. The first-order valence-electron chi connectivity index (χ1n) is 8.92. The first-order chi connectivity index (χ1) is 13.7. The summed E-state index contributed by atoms with van der Waals surface area (Å²) in [5.74, 6) is 0.114. The molecule has 5 nitrogen and oxygen atoms in total. The number of furan rings is 1. The minimum atomic E-state index is -0.288. The maximum atomic E-state index is 12.7. The zero-order valence-corrected chi connectivity index (χ0v) is 15.0. The van der Waals surface area contributed by atoms with Crippen LogP contribution in [0.4, 0.5) is 5.69 Å². The molecule has 1 aromatic heterocycles. The lowest BCUT2D eigenvalue weighted by molar-refractivity contribution is 0.0949. The van der Waals surface area contributed by atoms with Gasteiger partial charge in [0.15, 0.2) is 0 Å². The van der Waals surface area contributed by atoms with Gasteiger partial charge in [-0.05, 0) is 36.4 Å². The van der Waals surface area contributed by atoms with E-state index in [1.54, 1.807) is 48.5 Å². The number of para-hydroxylation sites is 2. The van der Waals surface area contributed by atoms with Crippen molar-refractivity contribution in [2.24, 2.45) is 0 Å². The maximum absolute atomic E-state index is 12.7. The number of hydrogen-bond acceptors (Lipinski definition) is 3. The van der Waals surface area contributed by atoms with Crippen molar-refractivity contribution < 1.29 is 14.0 Å². The minimum Gasteiger partial charge on any atom is -0.459 e.